The Morgan fingerprint density at radius 2 is 1.92 bits per heavy atom. The van der Waals surface area contributed by atoms with Gasteiger partial charge in [-0.05, 0) is 12.1 Å². The summed E-state index contributed by atoms with van der Waals surface area (Å²) in [5.74, 6) is 0.613. The van der Waals surface area contributed by atoms with Gasteiger partial charge in [0.05, 0.1) is 12.8 Å². The van der Waals surface area contributed by atoms with E-state index in [9.17, 15) is 0 Å². The molecule has 1 rings (SSSR count). The normalized spacial score (nSPS) is 8.33. The van der Waals surface area contributed by atoms with Crippen LogP contribution in [-0.2, 0) is 0 Å². The van der Waals surface area contributed by atoms with Crippen LogP contribution in [0.4, 0.5) is 5.69 Å². The smallest absolute Gasteiger partial charge is 0.139 e. The first-order chi connectivity index (χ1) is 5.75. The lowest BCUT2D eigenvalue weighted by Crippen LogP contribution is -1.89. The number of hydrogen-bond donors (Lipinski definition) is 1. The highest BCUT2D eigenvalue weighted by atomic mass is 35.5. The number of nitrogen functional groups attached to an aromatic ring is 1. The zero-order chi connectivity index (χ0) is 9.56. The van der Waals surface area contributed by atoms with Gasteiger partial charge in [-0.2, -0.15) is 0 Å². The topological polar surface area (TPSA) is 35.2 Å². The van der Waals surface area contributed by atoms with Crippen molar-refractivity contribution in [2.75, 3.05) is 12.8 Å². The minimum atomic E-state index is 0.477. The zero-order valence-corrected chi connectivity index (χ0v) is 8.35. The molecule has 0 saturated carbocycles. The Kier molecular flexibility index (Phi) is 5.30. The first-order valence-corrected chi connectivity index (χ1v) is 4.21. The number of nitrogens with two attached hydrogens (primary N) is 1. The Labute approximate surface area is 78.3 Å². The van der Waals surface area contributed by atoms with Gasteiger partial charge in [-0.25, -0.2) is 0 Å². The summed E-state index contributed by atoms with van der Waals surface area (Å²) in [6.45, 7) is 4.00. The molecule has 1 aromatic carbocycles. The Balaban J connectivity index is 0.000000561. The van der Waals surface area contributed by atoms with E-state index >= 15 is 0 Å². The van der Waals surface area contributed by atoms with Gasteiger partial charge < -0.3 is 10.5 Å². The van der Waals surface area contributed by atoms with Crippen molar-refractivity contribution in [3.8, 4) is 5.75 Å². The van der Waals surface area contributed by atoms with Crippen LogP contribution in [0.2, 0.25) is 5.02 Å². The van der Waals surface area contributed by atoms with Gasteiger partial charge in [0, 0.05) is 0 Å². The molecule has 0 fully saturated rings. The highest BCUT2D eigenvalue weighted by molar-refractivity contribution is 6.34. The minimum Gasteiger partial charge on any atom is -0.495 e. The van der Waals surface area contributed by atoms with Crippen LogP contribution < -0.4 is 10.5 Å². The molecule has 0 aliphatic carbocycles. The minimum absolute atomic E-state index is 0.477. The van der Waals surface area contributed by atoms with Gasteiger partial charge in [0.15, 0.2) is 0 Å². The molecule has 0 bridgehead atoms. The van der Waals surface area contributed by atoms with Crippen molar-refractivity contribution in [1.82, 2.24) is 0 Å². The van der Waals surface area contributed by atoms with Crippen LogP contribution in [-0.4, -0.2) is 7.11 Å². The molecule has 0 aliphatic rings. The maximum Gasteiger partial charge on any atom is 0.139 e. The largest absolute Gasteiger partial charge is 0.495 e. The van der Waals surface area contributed by atoms with Crippen molar-refractivity contribution in [2.24, 2.45) is 0 Å². The number of methoxy groups -OCH3 is 1. The van der Waals surface area contributed by atoms with E-state index in [-0.39, 0.29) is 0 Å². The molecule has 2 N–H and O–H groups in total. The predicted molar refractivity (Wildman–Crippen MR) is 53.8 cm³/mol. The fraction of sp³-hybridized carbons (Fsp3) is 0.333. The number of rotatable bonds is 1. The standard InChI is InChI=1S/C7H8ClNO.C2H6/c1-10-6-4-2-3-5(9)7(6)8;1-2/h2-4H,9H2,1H3;1-2H3. The molecule has 1 aromatic rings. The molecule has 0 unspecified atom stereocenters. The molecule has 0 aliphatic heterocycles. The van der Waals surface area contributed by atoms with E-state index in [2.05, 4.69) is 0 Å². The molecule has 12 heavy (non-hydrogen) atoms. The van der Waals surface area contributed by atoms with E-state index in [0.29, 0.717) is 16.5 Å². The highest BCUT2D eigenvalue weighted by Gasteiger charge is 2.00. The summed E-state index contributed by atoms with van der Waals surface area (Å²) in [6.07, 6.45) is 0. The summed E-state index contributed by atoms with van der Waals surface area (Å²) in [5.41, 5.74) is 6.03. The summed E-state index contributed by atoms with van der Waals surface area (Å²) in [4.78, 5) is 0. The van der Waals surface area contributed by atoms with Gasteiger partial charge >= 0.3 is 0 Å². The molecular weight excluding hydrogens is 174 g/mol. The molecule has 0 heterocycles. The van der Waals surface area contributed by atoms with Crippen molar-refractivity contribution in [3.63, 3.8) is 0 Å². The summed E-state index contributed by atoms with van der Waals surface area (Å²) < 4.78 is 4.91. The van der Waals surface area contributed by atoms with Crippen LogP contribution in [0.5, 0.6) is 5.75 Å². The van der Waals surface area contributed by atoms with Crippen LogP contribution >= 0.6 is 11.6 Å². The van der Waals surface area contributed by atoms with Crippen molar-refractivity contribution in [3.05, 3.63) is 23.2 Å². The third-order valence-electron chi connectivity index (χ3n) is 1.21. The molecular formula is C9H14ClNO. The Bertz CT molecular complexity index is 238. The van der Waals surface area contributed by atoms with Crippen LogP contribution in [0.1, 0.15) is 13.8 Å². The highest BCUT2D eigenvalue weighted by Crippen LogP contribution is 2.28. The molecule has 0 aromatic heterocycles. The van der Waals surface area contributed by atoms with E-state index in [1.807, 2.05) is 13.8 Å². The quantitative estimate of drug-likeness (QED) is 0.687. The molecule has 0 amide bonds. The third kappa shape index (κ3) is 2.62. The van der Waals surface area contributed by atoms with Gasteiger partial charge in [-0.3, -0.25) is 0 Å². The average molecular weight is 188 g/mol. The third-order valence-corrected chi connectivity index (χ3v) is 1.62. The van der Waals surface area contributed by atoms with Crippen molar-refractivity contribution in [1.29, 1.82) is 0 Å². The Morgan fingerprint density at radius 1 is 1.33 bits per heavy atom. The van der Waals surface area contributed by atoms with Gasteiger partial charge in [-0.1, -0.05) is 31.5 Å². The van der Waals surface area contributed by atoms with Gasteiger partial charge in [-0.15, -0.1) is 0 Å². The zero-order valence-electron chi connectivity index (χ0n) is 7.60. The number of anilines is 1. The molecule has 0 spiro atoms. The fourth-order valence-electron chi connectivity index (χ4n) is 0.685. The van der Waals surface area contributed by atoms with Crippen LogP contribution in [0.25, 0.3) is 0 Å². The summed E-state index contributed by atoms with van der Waals surface area (Å²) >= 11 is 5.74. The number of benzene rings is 1. The predicted octanol–water partition coefficient (Wildman–Crippen LogP) is 2.96. The second kappa shape index (κ2) is 5.72. The summed E-state index contributed by atoms with van der Waals surface area (Å²) in [6, 6.07) is 5.28. The second-order valence-electron chi connectivity index (χ2n) is 1.86. The molecule has 68 valence electrons. The van der Waals surface area contributed by atoms with Gasteiger partial charge in [0.25, 0.3) is 0 Å². The van der Waals surface area contributed by atoms with Gasteiger partial charge in [0.2, 0.25) is 0 Å². The Morgan fingerprint density at radius 3 is 2.33 bits per heavy atom. The lowest BCUT2D eigenvalue weighted by Gasteiger charge is -2.03. The Hall–Kier alpha value is -0.890. The lowest BCUT2D eigenvalue weighted by molar-refractivity contribution is 0.415. The number of ether oxygens (including phenoxy) is 1. The maximum atomic E-state index is 5.74. The lowest BCUT2D eigenvalue weighted by atomic mass is 10.3. The molecule has 0 atom stereocenters. The SMILES string of the molecule is CC.COc1cccc(N)c1Cl. The molecule has 3 heteroatoms. The molecule has 2 nitrogen and oxygen atoms in total. The van der Waals surface area contributed by atoms with E-state index in [4.69, 9.17) is 22.1 Å². The average Bonchev–Trinajstić information content (AvgIpc) is 2.13. The summed E-state index contributed by atoms with van der Waals surface area (Å²) in [5, 5.41) is 0.477. The first-order valence-electron chi connectivity index (χ1n) is 3.83. The first kappa shape index (κ1) is 11.1. The van der Waals surface area contributed by atoms with Crippen molar-refractivity contribution >= 4 is 17.3 Å². The van der Waals surface area contributed by atoms with Crippen molar-refractivity contribution < 1.29 is 4.74 Å². The van der Waals surface area contributed by atoms with E-state index < -0.39 is 0 Å². The maximum absolute atomic E-state index is 5.74. The van der Waals surface area contributed by atoms with E-state index in [1.54, 1.807) is 25.3 Å². The van der Waals surface area contributed by atoms with Crippen molar-refractivity contribution in [2.45, 2.75) is 13.8 Å². The van der Waals surface area contributed by atoms with Crippen LogP contribution in [0, 0.1) is 0 Å². The molecule has 0 saturated heterocycles. The van der Waals surface area contributed by atoms with E-state index in [0.717, 1.165) is 0 Å². The number of halogens is 1. The van der Waals surface area contributed by atoms with Crippen LogP contribution in [0.15, 0.2) is 18.2 Å². The molecule has 0 radical (unpaired) electrons. The summed E-state index contributed by atoms with van der Waals surface area (Å²) in [7, 11) is 1.56. The van der Waals surface area contributed by atoms with E-state index in [1.165, 1.54) is 0 Å². The van der Waals surface area contributed by atoms with Crippen LogP contribution in [0.3, 0.4) is 0 Å². The fourth-order valence-corrected chi connectivity index (χ4v) is 0.889. The number of hydrogen-bond acceptors (Lipinski definition) is 2. The monoisotopic (exact) mass is 187 g/mol. The van der Waals surface area contributed by atoms with Gasteiger partial charge in [0.1, 0.15) is 10.8 Å². The second-order valence-corrected chi connectivity index (χ2v) is 2.24.